The SMILES string of the molecule is CN=C(NCCN1CCCCC1)NCC(C)c1ccccc1. The highest BCUT2D eigenvalue weighted by Crippen LogP contribution is 2.12. The number of hydrogen-bond donors (Lipinski definition) is 2. The Morgan fingerprint density at radius 1 is 1.14 bits per heavy atom. The van der Waals surface area contributed by atoms with Crippen molar-refractivity contribution in [3.63, 3.8) is 0 Å². The zero-order chi connectivity index (χ0) is 15.6. The summed E-state index contributed by atoms with van der Waals surface area (Å²) in [7, 11) is 1.84. The van der Waals surface area contributed by atoms with Crippen LogP contribution in [0.25, 0.3) is 0 Å². The molecule has 122 valence electrons. The molecule has 1 unspecified atom stereocenters. The highest BCUT2D eigenvalue weighted by Gasteiger charge is 2.10. The molecule has 1 heterocycles. The molecule has 1 aromatic carbocycles. The van der Waals surface area contributed by atoms with Gasteiger partial charge < -0.3 is 15.5 Å². The smallest absolute Gasteiger partial charge is 0.191 e. The number of piperidine rings is 1. The van der Waals surface area contributed by atoms with Crippen LogP contribution in [0.3, 0.4) is 0 Å². The van der Waals surface area contributed by atoms with Gasteiger partial charge in [0.2, 0.25) is 0 Å². The van der Waals surface area contributed by atoms with E-state index in [2.05, 4.69) is 57.8 Å². The summed E-state index contributed by atoms with van der Waals surface area (Å²) < 4.78 is 0. The van der Waals surface area contributed by atoms with E-state index in [-0.39, 0.29) is 0 Å². The molecule has 1 atom stereocenters. The molecule has 2 rings (SSSR count). The minimum atomic E-state index is 0.474. The van der Waals surface area contributed by atoms with Crippen molar-refractivity contribution < 1.29 is 0 Å². The third-order valence-corrected chi connectivity index (χ3v) is 4.34. The highest BCUT2D eigenvalue weighted by molar-refractivity contribution is 5.79. The maximum absolute atomic E-state index is 4.31. The summed E-state index contributed by atoms with van der Waals surface area (Å²) in [5.74, 6) is 1.38. The second kappa shape index (κ2) is 9.46. The molecular weight excluding hydrogens is 272 g/mol. The van der Waals surface area contributed by atoms with Crippen molar-refractivity contribution in [2.24, 2.45) is 4.99 Å². The number of hydrogen-bond acceptors (Lipinski definition) is 2. The van der Waals surface area contributed by atoms with E-state index >= 15 is 0 Å². The van der Waals surface area contributed by atoms with E-state index in [1.165, 1.54) is 37.9 Å². The molecule has 1 aromatic rings. The van der Waals surface area contributed by atoms with Gasteiger partial charge >= 0.3 is 0 Å². The Morgan fingerprint density at radius 2 is 1.86 bits per heavy atom. The van der Waals surface area contributed by atoms with Crippen LogP contribution in [0, 0.1) is 0 Å². The van der Waals surface area contributed by atoms with Gasteiger partial charge in [-0.3, -0.25) is 4.99 Å². The summed E-state index contributed by atoms with van der Waals surface area (Å²) in [5.41, 5.74) is 1.36. The Kier molecular flexibility index (Phi) is 7.23. The fourth-order valence-electron chi connectivity index (χ4n) is 2.89. The number of nitrogens with zero attached hydrogens (tertiary/aromatic N) is 2. The number of rotatable bonds is 6. The van der Waals surface area contributed by atoms with Crippen LogP contribution in [0.1, 0.15) is 37.7 Å². The van der Waals surface area contributed by atoms with Crippen LogP contribution in [0.15, 0.2) is 35.3 Å². The largest absolute Gasteiger partial charge is 0.356 e. The van der Waals surface area contributed by atoms with E-state index in [1.807, 2.05) is 7.05 Å². The lowest BCUT2D eigenvalue weighted by atomic mass is 10.0. The number of guanidine groups is 1. The molecule has 1 saturated heterocycles. The molecule has 0 bridgehead atoms. The van der Waals surface area contributed by atoms with Crippen LogP contribution < -0.4 is 10.6 Å². The van der Waals surface area contributed by atoms with Gasteiger partial charge in [0.05, 0.1) is 0 Å². The summed E-state index contributed by atoms with van der Waals surface area (Å²) >= 11 is 0. The minimum absolute atomic E-state index is 0.474. The molecule has 0 aliphatic carbocycles. The first-order valence-corrected chi connectivity index (χ1v) is 8.51. The van der Waals surface area contributed by atoms with Crippen molar-refractivity contribution in [1.82, 2.24) is 15.5 Å². The van der Waals surface area contributed by atoms with Crippen LogP contribution in [-0.2, 0) is 0 Å². The van der Waals surface area contributed by atoms with Crippen molar-refractivity contribution in [2.75, 3.05) is 39.8 Å². The molecule has 1 aliphatic heterocycles. The van der Waals surface area contributed by atoms with Crippen molar-refractivity contribution in [3.05, 3.63) is 35.9 Å². The predicted molar refractivity (Wildman–Crippen MR) is 94.5 cm³/mol. The van der Waals surface area contributed by atoms with Crippen molar-refractivity contribution >= 4 is 5.96 Å². The lowest BCUT2D eigenvalue weighted by Gasteiger charge is -2.26. The number of aliphatic imine (C=N–C) groups is 1. The van der Waals surface area contributed by atoms with E-state index < -0.39 is 0 Å². The zero-order valence-electron chi connectivity index (χ0n) is 14.0. The summed E-state index contributed by atoms with van der Waals surface area (Å²) in [6, 6.07) is 10.6. The molecule has 2 N–H and O–H groups in total. The van der Waals surface area contributed by atoms with Gasteiger partial charge in [-0.1, -0.05) is 43.7 Å². The molecule has 0 spiro atoms. The van der Waals surface area contributed by atoms with Gasteiger partial charge in [-0.2, -0.15) is 0 Å². The standard InChI is InChI=1S/C18H30N4/c1-16(17-9-5-3-6-10-17)15-21-18(19-2)20-11-14-22-12-7-4-8-13-22/h3,5-6,9-10,16H,4,7-8,11-15H2,1-2H3,(H2,19,20,21). The molecule has 0 radical (unpaired) electrons. The molecule has 0 saturated carbocycles. The van der Waals surface area contributed by atoms with E-state index in [4.69, 9.17) is 0 Å². The van der Waals surface area contributed by atoms with Gasteiger partial charge in [0.25, 0.3) is 0 Å². The second-order valence-electron chi connectivity index (χ2n) is 6.09. The van der Waals surface area contributed by atoms with Crippen LogP contribution in [-0.4, -0.2) is 50.6 Å². The summed E-state index contributed by atoms with van der Waals surface area (Å²) in [4.78, 5) is 6.85. The molecule has 4 heteroatoms. The van der Waals surface area contributed by atoms with Gasteiger partial charge in [0.1, 0.15) is 0 Å². The van der Waals surface area contributed by atoms with Crippen LogP contribution in [0.4, 0.5) is 0 Å². The van der Waals surface area contributed by atoms with Gasteiger partial charge in [0.15, 0.2) is 5.96 Å². The number of nitrogens with one attached hydrogen (secondary N) is 2. The van der Waals surface area contributed by atoms with E-state index in [1.54, 1.807) is 0 Å². The van der Waals surface area contributed by atoms with Crippen molar-refractivity contribution in [1.29, 1.82) is 0 Å². The first-order valence-electron chi connectivity index (χ1n) is 8.51. The third kappa shape index (κ3) is 5.68. The first kappa shape index (κ1) is 16.8. The Labute approximate surface area is 135 Å². The minimum Gasteiger partial charge on any atom is -0.356 e. The average Bonchev–Trinajstić information content (AvgIpc) is 2.59. The van der Waals surface area contributed by atoms with Gasteiger partial charge in [0, 0.05) is 26.7 Å². The fraction of sp³-hybridized carbons (Fsp3) is 0.611. The second-order valence-corrected chi connectivity index (χ2v) is 6.09. The Hall–Kier alpha value is -1.55. The zero-order valence-corrected chi connectivity index (χ0v) is 14.0. The van der Waals surface area contributed by atoms with Crippen LogP contribution >= 0.6 is 0 Å². The molecule has 0 amide bonds. The lowest BCUT2D eigenvalue weighted by molar-refractivity contribution is 0.232. The summed E-state index contributed by atoms with van der Waals surface area (Å²) in [6.45, 7) is 7.70. The van der Waals surface area contributed by atoms with Crippen LogP contribution in [0.2, 0.25) is 0 Å². The predicted octanol–water partition coefficient (Wildman–Crippen LogP) is 2.44. The molecule has 0 aromatic heterocycles. The Balaban J connectivity index is 1.66. The monoisotopic (exact) mass is 302 g/mol. The van der Waals surface area contributed by atoms with Crippen molar-refractivity contribution in [2.45, 2.75) is 32.1 Å². The summed E-state index contributed by atoms with van der Waals surface area (Å²) in [5, 5.41) is 6.85. The van der Waals surface area contributed by atoms with Gasteiger partial charge in [-0.25, -0.2) is 0 Å². The maximum Gasteiger partial charge on any atom is 0.191 e. The highest BCUT2D eigenvalue weighted by atomic mass is 15.2. The molecule has 1 aliphatic rings. The lowest BCUT2D eigenvalue weighted by Crippen LogP contribution is -2.43. The van der Waals surface area contributed by atoms with Gasteiger partial charge in [-0.05, 0) is 37.4 Å². The average molecular weight is 302 g/mol. The Morgan fingerprint density at radius 3 is 2.55 bits per heavy atom. The van der Waals surface area contributed by atoms with Crippen molar-refractivity contribution in [3.8, 4) is 0 Å². The quantitative estimate of drug-likeness (QED) is 0.626. The fourth-order valence-corrected chi connectivity index (χ4v) is 2.89. The summed E-state index contributed by atoms with van der Waals surface area (Å²) in [6.07, 6.45) is 4.09. The van der Waals surface area contributed by atoms with E-state index in [9.17, 15) is 0 Å². The number of benzene rings is 1. The molecule has 1 fully saturated rings. The van der Waals surface area contributed by atoms with E-state index in [0.29, 0.717) is 5.92 Å². The third-order valence-electron chi connectivity index (χ3n) is 4.34. The normalized spacial score (nSPS) is 18.0. The molecule has 4 nitrogen and oxygen atoms in total. The maximum atomic E-state index is 4.31. The van der Waals surface area contributed by atoms with Crippen LogP contribution in [0.5, 0.6) is 0 Å². The molecular formula is C18H30N4. The Bertz CT molecular complexity index is 438. The first-order chi connectivity index (χ1) is 10.8. The number of likely N-dealkylation sites (tertiary alicyclic amines) is 1. The topological polar surface area (TPSA) is 39.7 Å². The molecule has 22 heavy (non-hydrogen) atoms. The van der Waals surface area contributed by atoms with Gasteiger partial charge in [-0.15, -0.1) is 0 Å². The van der Waals surface area contributed by atoms with E-state index in [0.717, 1.165) is 25.6 Å².